The molecule has 158 valence electrons. The maximum Gasteiger partial charge on any atom is 0.275 e. The third kappa shape index (κ3) is 3.91. The second-order valence-electron chi connectivity index (χ2n) is 7.48. The van der Waals surface area contributed by atoms with Gasteiger partial charge in [-0.15, -0.1) is 12.4 Å². The maximum absolute atomic E-state index is 13.8. The van der Waals surface area contributed by atoms with E-state index in [4.69, 9.17) is 17.3 Å². The van der Waals surface area contributed by atoms with E-state index < -0.39 is 0 Å². The fourth-order valence-electron chi connectivity index (χ4n) is 4.00. The van der Waals surface area contributed by atoms with Crippen LogP contribution in [0.4, 0.5) is 10.2 Å². The van der Waals surface area contributed by atoms with Crippen LogP contribution in [-0.4, -0.2) is 28.3 Å². The second-order valence-corrected chi connectivity index (χ2v) is 7.89. The number of benzene rings is 1. The van der Waals surface area contributed by atoms with Crippen LogP contribution in [0.5, 0.6) is 0 Å². The average Bonchev–Trinajstić information content (AvgIpc) is 3.06. The number of nitrogens with two attached hydrogens (primary N) is 1. The topological polar surface area (TPSA) is 80.0 Å². The minimum absolute atomic E-state index is 0. The van der Waals surface area contributed by atoms with E-state index >= 15 is 0 Å². The summed E-state index contributed by atoms with van der Waals surface area (Å²) in [5.74, 6) is 0.435. The van der Waals surface area contributed by atoms with E-state index in [1.807, 2.05) is 10.6 Å². The zero-order valence-electron chi connectivity index (χ0n) is 16.4. The van der Waals surface area contributed by atoms with Crippen molar-refractivity contribution < 1.29 is 4.39 Å². The third-order valence-electron chi connectivity index (χ3n) is 5.50. The van der Waals surface area contributed by atoms with Crippen LogP contribution >= 0.6 is 24.0 Å². The number of halogens is 3. The summed E-state index contributed by atoms with van der Waals surface area (Å²) in [6, 6.07) is 9.92. The number of fused-ring (bicyclic) bond motifs is 1. The largest absolute Gasteiger partial charge is 0.356 e. The zero-order chi connectivity index (χ0) is 20.7. The number of hydrogen-bond donors (Lipinski definition) is 1. The van der Waals surface area contributed by atoms with Crippen LogP contribution in [0.25, 0.3) is 10.9 Å². The summed E-state index contributed by atoms with van der Waals surface area (Å²) < 4.78 is 17.0. The molecule has 0 bridgehead atoms. The molecule has 2 aromatic heterocycles. The molecule has 0 aliphatic carbocycles. The Bertz CT molecular complexity index is 1200. The zero-order valence-corrected chi connectivity index (χ0v) is 18.0. The predicted octanol–water partition coefficient (Wildman–Crippen LogP) is 3.40. The molecule has 0 saturated carbocycles. The van der Waals surface area contributed by atoms with Crippen molar-refractivity contribution in [3.8, 4) is 6.07 Å². The molecule has 9 heteroatoms. The van der Waals surface area contributed by atoms with Gasteiger partial charge in [0.2, 0.25) is 0 Å². The lowest BCUT2D eigenvalue weighted by molar-refractivity contribution is 0.498. The standard InChI is InChI=1S/C21H21ClFN5O.ClH/c1-26-17(10-24)8-13-9-19(27-6-2-3-16(25)12-27)28(20(13)21(26)29)11-14-7-15(23)4-5-18(14)22;/h4-5,7-9,16H,2-3,6,11-12,25H2,1H3;1H/t16-;/m1./s1. The lowest BCUT2D eigenvalue weighted by atomic mass is 10.1. The molecule has 0 unspecified atom stereocenters. The van der Waals surface area contributed by atoms with Crippen LogP contribution in [-0.2, 0) is 13.6 Å². The first kappa shape index (κ1) is 22.2. The summed E-state index contributed by atoms with van der Waals surface area (Å²) in [5, 5.41) is 10.5. The van der Waals surface area contributed by atoms with Crippen molar-refractivity contribution in [1.82, 2.24) is 9.13 Å². The summed E-state index contributed by atoms with van der Waals surface area (Å²) in [4.78, 5) is 15.2. The number of piperidine rings is 1. The van der Waals surface area contributed by atoms with E-state index in [0.29, 0.717) is 28.0 Å². The van der Waals surface area contributed by atoms with Gasteiger partial charge in [-0.25, -0.2) is 4.39 Å². The summed E-state index contributed by atoms with van der Waals surface area (Å²) >= 11 is 6.30. The Morgan fingerprint density at radius 1 is 1.33 bits per heavy atom. The molecular formula is C21H22Cl2FN5O. The van der Waals surface area contributed by atoms with Crippen LogP contribution in [0.3, 0.4) is 0 Å². The number of nitriles is 1. The van der Waals surface area contributed by atoms with Crippen molar-refractivity contribution in [2.24, 2.45) is 12.8 Å². The van der Waals surface area contributed by atoms with Crippen molar-refractivity contribution in [3.63, 3.8) is 0 Å². The Labute approximate surface area is 184 Å². The van der Waals surface area contributed by atoms with Gasteiger partial charge in [0.25, 0.3) is 5.56 Å². The van der Waals surface area contributed by atoms with E-state index in [-0.39, 0.29) is 42.1 Å². The Morgan fingerprint density at radius 2 is 2.10 bits per heavy atom. The summed E-state index contributed by atoms with van der Waals surface area (Å²) in [7, 11) is 1.57. The van der Waals surface area contributed by atoms with Crippen molar-refractivity contribution in [2.75, 3.05) is 18.0 Å². The smallest absolute Gasteiger partial charge is 0.275 e. The Morgan fingerprint density at radius 3 is 2.80 bits per heavy atom. The molecule has 0 spiro atoms. The quantitative estimate of drug-likeness (QED) is 0.664. The molecule has 1 aliphatic heterocycles. The van der Waals surface area contributed by atoms with Gasteiger partial charge in [0, 0.05) is 36.6 Å². The van der Waals surface area contributed by atoms with Crippen molar-refractivity contribution in [1.29, 1.82) is 5.26 Å². The molecule has 6 nitrogen and oxygen atoms in total. The average molecular weight is 450 g/mol. The second kappa shape index (κ2) is 8.68. The molecule has 1 aliphatic rings. The number of pyridine rings is 1. The van der Waals surface area contributed by atoms with Gasteiger partial charge in [-0.3, -0.25) is 4.79 Å². The molecular weight excluding hydrogens is 428 g/mol. The lowest BCUT2D eigenvalue weighted by Crippen LogP contribution is -2.43. The van der Waals surface area contributed by atoms with Gasteiger partial charge < -0.3 is 19.8 Å². The number of aromatic nitrogens is 2. The van der Waals surface area contributed by atoms with Gasteiger partial charge in [-0.05, 0) is 48.7 Å². The number of hydrogen-bond acceptors (Lipinski definition) is 4. The summed E-state index contributed by atoms with van der Waals surface area (Å²) in [5.41, 5.74) is 7.22. The van der Waals surface area contributed by atoms with Gasteiger partial charge in [-0.2, -0.15) is 5.26 Å². The van der Waals surface area contributed by atoms with E-state index in [9.17, 15) is 14.4 Å². The molecule has 0 radical (unpaired) electrons. The first-order chi connectivity index (χ1) is 13.9. The summed E-state index contributed by atoms with van der Waals surface area (Å²) in [6.45, 7) is 1.72. The van der Waals surface area contributed by atoms with Crippen LogP contribution in [0, 0.1) is 17.1 Å². The van der Waals surface area contributed by atoms with E-state index in [0.717, 1.165) is 25.2 Å². The van der Waals surface area contributed by atoms with E-state index in [1.54, 1.807) is 13.1 Å². The van der Waals surface area contributed by atoms with Crippen molar-refractivity contribution in [2.45, 2.75) is 25.4 Å². The minimum atomic E-state index is -0.387. The molecule has 3 aromatic rings. The molecule has 30 heavy (non-hydrogen) atoms. The molecule has 4 rings (SSSR count). The van der Waals surface area contributed by atoms with Crippen molar-refractivity contribution >= 4 is 40.7 Å². The van der Waals surface area contributed by atoms with Gasteiger partial charge in [0.05, 0.1) is 6.54 Å². The highest BCUT2D eigenvalue weighted by molar-refractivity contribution is 6.31. The Kier molecular flexibility index (Phi) is 6.41. The highest BCUT2D eigenvalue weighted by Gasteiger charge is 2.24. The maximum atomic E-state index is 13.8. The molecule has 2 N–H and O–H groups in total. The molecule has 3 heterocycles. The Balaban J connectivity index is 0.00000256. The number of rotatable bonds is 3. The summed E-state index contributed by atoms with van der Waals surface area (Å²) in [6.07, 6.45) is 1.90. The van der Waals surface area contributed by atoms with Gasteiger partial charge >= 0.3 is 0 Å². The fourth-order valence-corrected chi connectivity index (χ4v) is 4.18. The van der Waals surface area contributed by atoms with Crippen LogP contribution < -0.4 is 16.2 Å². The highest BCUT2D eigenvalue weighted by atomic mass is 35.5. The first-order valence-electron chi connectivity index (χ1n) is 9.47. The molecule has 1 atom stereocenters. The van der Waals surface area contributed by atoms with Gasteiger partial charge in [0.15, 0.2) is 0 Å². The minimum Gasteiger partial charge on any atom is -0.356 e. The van der Waals surface area contributed by atoms with Crippen LogP contribution in [0.2, 0.25) is 5.02 Å². The van der Waals surface area contributed by atoms with Crippen LogP contribution in [0.15, 0.2) is 35.1 Å². The molecule has 1 fully saturated rings. The third-order valence-corrected chi connectivity index (χ3v) is 5.87. The monoisotopic (exact) mass is 449 g/mol. The van der Waals surface area contributed by atoms with Crippen molar-refractivity contribution in [3.05, 3.63) is 62.8 Å². The number of nitrogens with zero attached hydrogens (tertiary/aromatic N) is 4. The van der Waals surface area contributed by atoms with E-state index in [2.05, 4.69) is 11.0 Å². The lowest BCUT2D eigenvalue weighted by Gasteiger charge is -2.33. The van der Waals surface area contributed by atoms with Gasteiger partial charge in [-0.1, -0.05) is 11.6 Å². The predicted molar refractivity (Wildman–Crippen MR) is 119 cm³/mol. The highest BCUT2D eigenvalue weighted by Crippen LogP contribution is 2.30. The molecule has 0 amide bonds. The molecule has 1 aromatic carbocycles. The normalized spacial score (nSPS) is 16.4. The first-order valence-corrected chi connectivity index (χ1v) is 9.84. The number of anilines is 1. The van der Waals surface area contributed by atoms with E-state index in [1.165, 1.54) is 22.8 Å². The SMILES string of the molecule is Cl.Cn1c(C#N)cc2cc(N3CCC[C@@H](N)C3)n(Cc3cc(F)ccc3Cl)c2c1=O. The van der Waals surface area contributed by atoms with Gasteiger partial charge in [0.1, 0.15) is 28.9 Å². The molecule has 1 saturated heterocycles. The fraction of sp³-hybridized carbons (Fsp3) is 0.333. The van der Waals surface area contributed by atoms with Crippen LogP contribution in [0.1, 0.15) is 24.1 Å². The Hall–Kier alpha value is -2.53.